The molecule has 3 aromatic rings. The highest BCUT2D eigenvalue weighted by atomic mass is 28.4. The van der Waals surface area contributed by atoms with E-state index in [-0.39, 0.29) is 0 Å². The van der Waals surface area contributed by atoms with Crippen LogP contribution >= 0.6 is 0 Å². The molecule has 0 aliphatic heterocycles. The van der Waals surface area contributed by atoms with Crippen molar-refractivity contribution in [3.63, 3.8) is 0 Å². The summed E-state index contributed by atoms with van der Waals surface area (Å²) in [6.45, 7) is 4.55. The SMILES string of the molecule is CC(C)[Si](Oc1ccccc1)(c1ccccc1)c1ccccc1. The summed E-state index contributed by atoms with van der Waals surface area (Å²) in [7, 11) is -2.37. The molecule has 0 bridgehead atoms. The molecule has 0 aliphatic rings. The van der Waals surface area contributed by atoms with E-state index in [0.717, 1.165) is 5.75 Å². The Labute approximate surface area is 139 Å². The van der Waals surface area contributed by atoms with Crippen LogP contribution in [0.15, 0.2) is 91.0 Å². The van der Waals surface area contributed by atoms with Gasteiger partial charge in [-0.2, -0.15) is 0 Å². The Kier molecular flexibility index (Phi) is 4.63. The Bertz CT molecular complexity index is 684. The third-order valence-electron chi connectivity index (χ3n) is 4.24. The van der Waals surface area contributed by atoms with Crippen molar-refractivity contribution in [3.05, 3.63) is 91.0 Å². The van der Waals surface area contributed by atoms with Gasteiger partial charge >= 0.3 is 8.32 Å². The zero-order chi connectivity index (χ0) is 16.1. The molecule has 0 aromatic heterocycles. The minimum Gasteiger partial charge on any atom is -0.534 e. The van der Waals surface area contributed by atoms with E-state index in [1.807, 2.05) is 18.2 Å². The summed E-state index contributed by atoms with van der Waals surface area (Å²) < 4.78 is 6.77. The largest absolute Gasteiger partial charge is 0.534 e. The van der Waals surface area contributed by atoms with Crippen LogP contribution in [-0.4, -0.2) is 8.32 Å². The molecule has 23 heavy (non-hydrogen) atoms. The Morgan fingerprint density at radius 1 is 0.609 bits per heavy atom. The highest BCUT2D eigenvalue weighted by Crippen LogP contribution is 2.25. The monoisotopic (exact) mass is 318 g/mol. The molecule has 0 saturated heterocycles. The van der Waals surface area contributed by atoms with Crippen LogP contribution in [0.1, 0.15) is 13.8 Å². The number of para-hydroxylation sites is 1. The summed E-state index contributed by atoms with van der Waals surface area (Å²) in [6.07, 6.45) is 0. The van der Waals surface area contributed by atoms with Crippen LogP contribution in [0.25, 0.3) is 0 Å². The van der Waals surface area contributed by atoms with Gasteiger partial charge in [0.2, 0.25) is 0 Å². The minimum atomic E-state index is -2.37. The van der Waals surface area contributed by atoms with E-state index in [1.165, 1.54) is 10.4 Å². The fourth-order valence-corrected chi connectivity index (χ4v) is 7.14. The predicted octanol–water partition coefficient (Wildman–Crippen LogP) is 4.24. The first-order valence-electron chi connectivity index (χ1n) is 8.08. The first-order chi connectivity index (χ1) is 11.2. The summed E-state index contributed by atoms with van der Waals surface area (Å²) in [6, 6.07) is 31.6. The zero-order valence-electron chi connectivity index (χ0n) is 13.6. The first-order valence-corrected chi connectivity index (χ1v) is 10.1. The van der Waals surface area contributed by atoms with E-state index in [1.54, 1.807) is 0 Å². The maximum atomic E-state index is 6.77. The van der Waals surface area contributed by atoms with Crippen LogP contribution in [0, 0.1) is 0 Å². The van der Waals surface area contributed by atoms with Crippen molar-refractivity contribution in [2.75, 3.05) is 0 Å². The van der Waals surface area contributed by atoms with Crippen molar-refractivity contribution in [2.24, 2.45) is 0 Å². The highest BCUT2D eigenvalue weighted by Gasteiger charge is 2.44. The van der Waals surface area contributed by atoms with E-state index < -0.39 is 8.32 Å². The second-order valence-electron chi connectivity index (χ2n) is 6.04. The molecular weight excluding hydrogens is 296 g/mol. The topological polar surface area (TPSA) is 9.23 Å². The zero-order valence-corrected chi connectivity index (χ0v) is 14.6. The molecule has 0 spiro atoms. The number of hydrogen-bond donors (Lipinski definition) is 0. The quantitative estimate of drug-likeness (QED) is 0.640. The van der Waals surface area contributed by atoms with Crippen molar-refractivity contribution in [1.29, 1.82) is 0 Å². The molecule has 0 radical (unpaired) electrons. The molecule has 0 fully saturated rings. The summed E-state index contributed by atoms with van der Waals surface area (Å²) in [5.41, 5.74) is 0.410. The van der Waals surface area contributed by atoms with Crippen LogP contribution in [0.5, 0.6) is 5.75 Å². The number of benzene rings is 3. The lowest BCUT2D eigenvalue weighted by Crippen LogP contribution is -2.65. The fourth-order valence-electron chi connectivity index (χ4n) is 3.11. The average molecular weight is 318 g/mol. The van der Waals surface area contributed by atoms with Gasteiger partial charge in [-0.05, 0) is 28.0 Å². The maximum absolute atomic E-state index is 6.77. The molecule has 0 unspecified atom stereocenters. The minimum absolute atomic E-state index is 0.410. The second kappa shape index (κ2) is 6.84. The van der Waals surface area contributed by atoms with E-state index in [4.69, 9.17) is 4.43 Å². The van der Waals surface area contributed by atoms with Gasteiger partial charge in [0.25, 0.3) is 0 Å². The molecular formula is C21H22OSi. The maximum Gasteiger partial charge on any atom is 0.317 e. The lowest BCUT2D eigenvalue weighted by molar-refractivity contribution is 0.548. The number of hydrogen-bond acceptors (Lipinski definition) is 1. The molecule has 0 saturated carbocycles. The lowest BCUT2D eigenvalue weighted by atomic mass is 10.3. The van der Waals surface area contributed by atoms with E-state index >= 15 is 0 Å². The van der Waals surface area contributed by atoms with Gasteiger partial charge in [-0.1, -0.05) is 92.7 Å². The summed E-state index contributed by atoms with van der Waals surface area (Å²) in [5, 5.41) is 2.62. The van der Waals surface area contributed by atoms with Gasteiger partial charge < -0.3 is 4.43 Å². The lowest BCUT2D eigenvalue weighted by Gasteiger charge is -2.36. The van der Waals surface area contributed by atoms with Crippen LogP contribution in [0.3, 0.4) is 0 Å². The number of rotatable bonds is 5. The van der Waals surface area contributed by atoms with Gasteiger partial charge in [0.1, 0.15) is 5.75 Å². The van der Waals surface area contributed by atoms with Crippen LogP contribution in [0.2, 0.25) is 5.54 Å². The standard InChI is InChI=1S/C21H22OSi/c1-18(2)23(20-14-8-4-9-15-20,21-16-10-5-11-17-21)22-19-12-6-3-7-13-19/h3-18H,1-2H3. The fraction of sp³-hybridized carbons (Fsp3) is 0.143. The van der Waals surface area contributed by atoms with E-state index in [9.17, 15) is 0 Å². The second-order valence-corrected chi connectivity index (χ2v) is 10.0. The van der Waals surface area contributed by atoms with Gasteiger partial charge in [-0.15, -0.1) is 0 Å². The molecule has 3 aromatic carbocycles. The van der Waals surface area contributed by atoms with Crippen LogP contribution in [0.4, 0.5) is 0 Å². The van der Waals surface area contributed by atoms with Gasteiger partial charge in [-0.3, -0.25) is 0 Å². The third kappa shape index (κ3) is 3.08. The van der Waals surface area contributed by atoms with Crippen LogP contribution < -0.4 is 14.8 Å². The summed E-state index contributed by atoms with van der Waals surface area (Å²) in [4.78, 5) is 0. The molecule has 2 heteroatoms. The van der Waals surface area contributed by atoms with Crippen molar-refractivity contribution < 1.29 is 4.43 Å². The van der Waals surface area contributed by atoms with Gasteiger partial charge in [0.15, 0.2) is 0 Å². The molecule has 3 rings (SSSR count). The summed E-state index contributed by atoms with van der Waals surface area (Å²) >= 11 is 0. The Morgan fingerprint density at radius 2 is 1.00 bits per heavy atom. The van der Waals surface area contributed by atoms with Gasteiger partial charge in [0, 0.05) is 0 Å². The predicted molar refractivity (Wildman–Crippen MR) is 100 cm³/mol. The van der Waals surface area contributed by atoms with Crippen LogP contribution in [-0.2, 0) is 0 Å². The van der Waals surface area contributed by atoms with Crippen molar-refractivity contribution in [1.82, 2.24) is 0 Å². The molecule has 0 atom stereocenters. The molecule has 0 amide bonds. The van der Waals surface area contributed by atoms with E-state index in [0.29, 0.717) is 5.54 Å². The molecule has 0 aliphatic carbocycles. The molecule has 0 heterocycles. The van der Waals surface area contributed by atoms with Crippen molar-refractivity contribution >= 4 is 18.7 Å². The molecule has 0 N–H and O–H groups in total. The smallest absolute Gasteiger partial charge is 0.317 e. The Balaban J connectivity index is 2.19. The third-order valence-corrected chi connectivity index (χ3v) is 8.81. The van der Waals surface area contributed by atoms with E-state index in [2.05, 4.69) is 86.6 Å². The van der Waals surface area contributed by atoms with Crippen molar-refractivity contribution in [2.45, 2.75) is 19.4 Å². The molecule has 116 valence electrons. The van der Waals surface area contributed by atoms with Gasteiger partial charge in [0.05, 0.1) is 0 Å². The highest BCUT2D eigenvalue weighted by molar-refractivity contribution is 6.98. The normalized spacial score (nSPS) is 11.4. The Morgan fingerprint density at radius 3 is 1.39 bits per heavy atom. The summed E-state index contributed by atoms with van der Waals surface area (Å²) in [5.74, 6) is 0.945. The average Bonchev–Trinajstić information content (AvgIpc) is 2.62. The Hall–Kier alpha value is -2.32. The van der Waals surface area contributed by atoms with Gasteiger partial charge in [-0.25, -0.2) is 0 Å². The first kappa shape index (κ1) is 15.6. The van der Waals surface area contributed by atoms with Crippen molar-refractivity contribution in [3.8, 4) is 5.75 Å². The molecule has 1 nitrogen and oxygen atoms in total.